The van der Waals surface area contributed by atoms with Crippen LogP contribution in [0.4, 0.5) is 5.69 Å². The number of aliphatic hydroxyl groups excluding tert-OH is 1. The topological polar surface area (TPSA) is 297 Å². The molecule has 222 valence electrons. The number of H-pyrrole nitrogens is 1. The maximum Gasteiger partial charge on any atom is 0.490 e. The normalized spacial score (nSPS) is 22.5. The number of aromatic amines is 1. The molecule has 20 nitrogen and oxygen atoms in total. The highest BCUT2D eigenvalue weighted by molar-refractivity contribution is 7.66. The number of nitrogens with one attached hydrogen (secondary N) is 1. The van der Waals surface area contributed by atoms with Gasteiger partial charge in [0.25, 0.3) is 11.2 Å². The van der Waals surface area contributed by atoms with Gasteiger partial charge in [0.1, 0.15) is 12.3 Å². The lowest BCUT2D eigenvalue weighted by molar-refractivity contribution is -0.386. The Morgan fingerprint density at radius 1 is 1.05 bits per heavy atom. The molecule has 2 heterocycles. The van der Waals surface area contributed by atoms with Crippen LogP contribution < -0.4 is 11.2 Å². The van der Waals surface area contributed by atoms with E-state index in [1.165, 1.54) is 18.2 Å². The summed E-state index contributed by atoms with van der Waals surface area (Å²) in [6, 6.07) is 5.76. The van der Waals surface area contributed by atoms with E-state index in [1.54, 1.807) is 6.07 Å². The molecule has 1 aromatic heterocycles. The number of para-hydroxylation sites is 1. The maximum atomic E-state index is 12.4. The Labute approximate surface area is 222 Å². The Morgan fingerprint density at radius 3 is 2.35 bits per heavy atom. The number of aliphatic hydroxyl groups is 1. The van der Waals surface area contributed by atoms with Crippen molar-refractivity contribution in [2.45, 2.75) is 38.1 Å². The van der Waals surface area contributed by atoms with Crippen LogP contribution in [-0.4, -0.2) is 58.0 Å². The quantitative estimate of drug-likeness (QED) is 0.0971. The van der Waals surface area contributed by atoms with Crippen LogP contribution in [0.25, 0.3) is 0 Å². The first-order valence-corrected chi connectivity index (χ1v) is 15.2. The van der Waals surface area contributed by atoms with E-state index in [4.69, 9.17) is 19.3 Å². The third-order valence-electron chi connectivity index (χ3n) is 5.08. The van der Waals surface area contributed by atoms with E-state index in [-0.39, 0.29) is 36.4 Å². The number of nitro benzene ring substituents is 1. The van der Waals surface area contributed by atoms with Crippen LogP contribution in [0.1, 0.15) is 23.8 Å². The van der Waals surface area contributed by atoms with Crippen molar-refractivity contribution >= 4 is 29.2 Å². The Bertz CT molecular complexity index is 1500. The number of nitrogens with zero attached hydrogens (tertiary/aromatic N) is 2. The van der Waals surface area contributed by atoms with Crippen LogP contribution >= 0.6 is 23.5 Å². The summed E-state index contributed by atoms with van der Waals surface area (Å²) in [7, 11) is -16.8. The predicted molar refractivity (Wildman–Crippen MR) is 127 cm³/mol. The van der Waals surface area contributed by atoms with Crippen LogP contribution in [0, 0.1) is 10.1 Å². The molecule has 0 bridgehead atoms. The molecule has 1 aliphatic heterocycles. The van der Waals surface area contributed by atoms with E-state index in [2.05, 4.69) is 13.1 Å². The van der Waals surface area contributed by atoms with Gasteiger partial charge >= 0.3 is 29.2 Å². The average molecular weight is 633 g/mol. The van der Waals surface area contributed by atoms with Crippen molar-refractivity contribution in [2.24, 2.45) is 0 Å². The molecule has 1 fully saturated rings. The van der Waals surface area contributed by atoms with Crippen molar-refractivity contribution in [1.29, 1.82) is 0 Å². The number of phosphoric acid groups is 3. The fourth-order valence-electron chi connectivity index (χ4n) is 3.43. The van der Waals surface area contributed by atoms with Crippen molar-refractivity contribution in [3.63, 3.8) is 0 Å². The van der Waals surface area contributed by atoms with Crippen LogP contribution in [-0.2, 0) is 49.5 Å². The lowest BCUT2D eigenvalue weighted by atomic mass is 10.2. The molecule has 0 amide bonds. The molecular weight excluding hydrogens is 611 g/mol. The number of hydrogen-bond donors (Lipinski definition) is 6. The first-order valence-electron chi connectivity index (χ1n) is 10.7. The van der Waals surface area contributed by atoms with Gasteiger partial charge in [-0.05, 0) is 6.07 Å². The monoisotopic (exact) mass is 633 g/mol. The summed E-state index contributed by atoms with van der Waals surface area (Å²) in [4.78, 5) is 73.0. The van der Waals surface area contributed by atoms with E-state index in [9.17, 15) is 48.3 Å². The zero-order valence-corrected chi connectivity index (χ0v) is 22.5. The highest BCUT2D eigenvalue weighted by atomic mass is 31.3. The van der Waals surface area contributed by atoms with Crippen LogP contribution in [0.3, 0.4) is 0 Å². The standard InChI is InChI=1S/C17H22N3O17P3/c21-13-5-15(35-14(13)9-34-39(29,30)37-40(31,32)36-38(26,27)28)19-6-11(16(22)18-17(19)23)8-33-7-10-3-1-2-4-12(10)20(24)25/h1-4,6,13-15,21H,5,7-9H2,(H,29,30)(H,31,32)(H,18,22,23)(H2,26,27,28)/t13-,14+,15+/m0/s1. The van der Waals surface area contributed by atoms with E-state index in [0.29, 0.717) is 0 Å². The molecule has 0 radical (unpaired) electrons. The fraction of sp³-hybridized carbons (Fsp3) is 0.412. The molecule has 23 heteroatoms. The van der Waals surface area contributed by atoms with Gasteiger partial charge in [0.05, 0.1) is 42.0 Å². The number of aromatic nitrogens is 2. The number of nitro groups is 1. The van der Waals surface area contributed by atoms with Gasteiger partial charge in [-0.15, -0.1) is 0 Å². The number of benzene rings is 1. The van der Waals surface area contributed by atoms with Crippen molar-refractivity contribution in [1.82, 2.24) is 9.55 Å². The number of rotatable bonds is 13. The van der Waals surface area contributed by atoms with Gasteiger partial charge in [0.15, 0.2) is 0 Å². The summed E-state index contributed by atoms with van der Waals surface area (Å²) in [6.45, 7) is -1.59. The zero-order valence-electron chi connectivity index (χ0n) is 19.8. The molecule has 0 spiro atoms. The molecular formula is C17H22N3O17P3. The van der Waals surface area contributed by atoms with Crippen molar-refractivity contribution < 1.29 is 65.9 Å². The Balaban J connectivity index is 1.65. The SMILES string of the molecule is O=c1[nH]c(=O)n([C@H]2C[C@H](O)[C@@H](COP(=O)(O)OP(=O)(O)OP(=O)(O)O)O2)cc1COCc1ccccc1[N+](=O)[O-]. The molecule has 0 saturated carbocycles. The molecule has 1 saturated heterocycles. The minimum atomic E-state index is -5.75. The van der Waals surface area contributed by atoms with Crippen LogP contribution in [0.5, 0.6) is 0 Å². The molecule has 6 N–H and O–H groups in total. The second-order valence-corrected chi connectivity index (χ2v) is 12.4. The summed E-state index contributed by atoms with van der Waals surface area (Å²) in [6.07, 6.45) is -3.35. The summed E-state index contributed by atoms with van der Waals surface area (Å²) in [5, 5.41) is 21.4. The lowest BCUT2D eigenvalue weighted by Crippen LogP contribution is -2.34. The zero-order chi connectivity index (χ0) is 29.9. The Kier molecular flexibility index (Phi) is 10.1. The van der Waals surface area contributed by atoms with E-state index in [0.717, 1.165) is 10.8 Å². The summed E-state index contributed by atoms with van der Waals surface area (Å²) < 4.78 is 57.3. The van der Waals surface area contributed by atoms with Gasteiger partial charge in [-0.25, -0.2) is 18.5 Å². The highest BCUT2D eigenvalue weighted by Crippen LogP contribution is 2.66. The second-order valence-electron chi connectivity index (χ2n) is 8.02. The van der Waals surface area contributed by atoms with Crippen molar-refractivity contribution in [3.8, 4) is 0 Å². The highest BCUT2D eigenvalue weighted by Gasteiger charge is 2.43. The van der Waals surface area contributed by atoms with E-state index >= 15 is 0 Å². The maximum absolute atomic E-state index is 12.4. The van der Waals surface area contributed by atoms with Crippen molar-refractivity contribution in [2.75, 3.05) is 6.61 Å². The fourth-order valence-corrected chi connectivity index (χ4v) is 6.46. The van der Waals surface area contributed by atoms with E-state index < -0.39 is 64.7 Å². The minimum absolute atomic E-state index is 0.0898. The number of phosphoric ester groups is 1. The van der Waals surface area contributed by atoms with E-state index in [1.807, 2.05) is 4.98 Å². The minimum Gasteiger partial charge on any atom is -0.390 e. The first-order chi connectivity index (χ1) is 18.5. The van der Waals surface area contributed by atoms with Crippen molar-refractivity contribution in [3.05, 3.63) is 72.5 Å². The molecule has 2 unspecified atom stereocenters. The molecule has 1 aromatic carbocycles. The van der Waals surface area contributed by atoms with Gasteiger partial charge in [0, 0.05) is 18.7 Å². The molecule has 1 aliphatic rings. The summed E-state index contributed by atoms with van der Waals surface area (Å²) in [5.74, 6) is 0. The molecule has 2 aromatic rings. The third kappa shape index (κ3) is 9.05. The summed E-state index contributed by atoms with van der Waals surface area (Å²) >= 11 is 0. The second kappa shape index (κ2) is 12.6. The first kappa shape index (κ1) is 32.1. The number of ether oxygens (including phenoxy) is 2. The predicted octanol–water partition coefficient (Wildman–Crippen LogP) is 0.153. The van der Waals surface area contributed by atoms with Gasteiger partial charge < -0.3 is 34.2 Å². The average Bonchev–Trinajstić information content (AvgIpc) is 3.17. The van der Waals surface area contributed by atoms with Gasteiger partial charge in [-0.2, -0.15) is 8.62 Å². The summed E-state index contributed by atoms with van der Waals surface area (Å²) in [5.41, 5.74) is -1.84. The third-order valence-corrected chi connectivity index (χ3v) is 8.88. The van der Waals surface area contributed by atoms with Gasteiger partial charge in [-0.3, -0.25) is 29.0 Å². The molecule has 5 atom stereocenters. The molecule has 0 aliphatic carbocycles. The van der Waals surface area contributed by atoms with Crippen LogP contribution in [0.15, 0.2) is 40.1 Å². The van der Waals surface area contributed by atoms with Gasteiger partial charge in [-0.1, -0.05) is 12.1 Å². The molecule has 40 heavy (non-hydrogen) atoms. The van der Waals surface area contributed by atoms with Gasteiger partial charge in [0.2, 0.25) is 0 Å². The number of hydrogen-bond acceptors (Lipinski definition) is 13. The molecule has 3 rings (SSSR count). The van der Waals surface area contributed by atoms with Crippen LogP contribution in [0.2, 0.25) is 0 Å². The Hall–Kier alpha value is -2.41. The smallest absolute Gasteiger partial charge is 0.390 e. The Morgan fingerprint density at radius 2 is 1.70 bits per heavy atom. The lowest BCUT2D eigenvalue weighted by Gasteiger charge is -2.19. The largest absolute Gasteiger partial charge is 0.490 e.